The molecule has 2 N–H and O–H groups in total. The Morgan fingerprint density at radius 1 is 1.16 bits per heavy atom. The van der Waals surface area contributed by atoms with Gasteiger partial charge < -0.3 is 15.1 Å². The number of hydrogen-bond donors (Lipinski definition) is 2. The largest absolute Gasteiger partial charge is 0.392 e. The van der Waals surface area contributed by atoms with Crippen LogP contribution in [-0.4, -0.2) is 34.4 Å². The summed E-state index contributed by atoms with van der Waals surface area (Å²) in [5.74, 6) is 0.776. The third-order valence-electron chi connectivity index (χ3n) is 2.84. The van der Waals surface area contributed by atoms with Crippen LogP contribution in [-0.2, 0) is 12.0 Å². The maximum atomic E-state index is 9.89. The zero-order chi connectivity index (χ0) is 14.8. The first-order valence-corrected chi connectivity index (χ1v) is 6.59. The van der Waals surface area contributed by atoms with Crippen LogP contribution in [0.1, 0.15) is 45.9 Å². The van der Waals surface area contributed by atoms with Crippen molar-refractivity contribution in [3.63, 3.8) is 0 Å². The second-order valence-corrected chi connectivity index (χ2v) is 6.80. The molecule has 1 rings (SSSR count). The Kier molecular flexibility index (Phi) is 4.59. The molecule has 0 spiro atoms. The molecule has 0 radical (unpaired) electrons. The topological polar surface area (TPSA) is 56.6 Å². The van der Waals surface area contributed by atoms with Crippen molar-refractivity contribution >= 4 is 5.82 Å². The van der Waals surface area contributed by atoms with Crippen molar-refractivity contribution in [3.05, 3.63) is 23.4 Å². The summed E-state index contributed by atoms with van der Waals surface area (Å²) in [5, 5.41) is 19.3. The summed E-state index contributed by atoms with van der Waals surface area (Å²) in [4.78, 5) is 6.55. The summed E-state index contributed by atoms with van der Waals surface area (Å²) < 4.78 is 0. The van der Waals surface area contributed by atoms with Gasteiger partial charge in [0, 0.05) is 24.7 Å². The van der Waals surface area contributed by atoms with Gasteiger partial charge in [0.2, 0.25) is 0 Å². The Hall–Kier alpha value is -1.13. The lowest BCUT2D eigenvalue weighted by atomic mass is 9.91. The number of aliphatic hydroxyl groups excluding tert-OH is 1. The molecule has 19 heavy (non-hydrogen) atoms. The van der Waals surface area contributed by atoms with E-state index < -0.39 is 5.60 Å². The molecule has 0 aliphatic rings. The monoisotopic (exact) mass is 266 g/mol. The minimum absolute atomic E-state index is 0.00500. The molecule has 0 bridgehead atoms. The first-order valence-electron chi connectivity index (χ1n) is 6.59. The summed E-state index contributed by atoms with van der Waals surface area (Å²) in [5.41, 5.74) is 0.928. The van der Waals surface area contributed by atoms with Crippen molar-refractivity contribution in [2.24, 2.45) is 0 Å². The van der Waals surface area contributed by atoms with Gasteiger partial charge in [0.15, 0.2) is 0 Å². The van der Waals surface area contributed by atoms with Crippen molar-refractivity contribution < 1.29 is 10.2 Å². The van der Waals surface area contributed by atoms with E-state index in [0.29, 0.717) is 6.54 Å². The number of aromatic nitrogens is 1. The molecule has 1 heterocycles. The van der Waals surface area contributed by atoms with Crippen LogP contribution < -0.4 is 4.90 Å². The number of aliphatic hydroxyl groups is 2. The van der Waals surface area contributed by atoms with Crippen molar-refractivity contribution in [2.75, 3.05) is 18.5 Å². The van der Waals surface area contributed by atoms with Crippen LogP contribution in [0.2, 0.25) is 0 Å². The third-order valence-corrected chi connectivity index (χ3v) is 2.84. The van der Waals surface area contributed by atoms with E-state index in [-0.39, 0.29) is 12.0 Å². The van der Waals surface area contributed by atoms with Gasteiger partial charge in [0.1, 0.15) is 5.82 Å². The average Bonchev–Trinajstić information content (AvgIpc) is 2.25. The Morgan fingerprint density at radius 2 is 1.74 bits per heavy atom. The molecule has 1 aromatic heterocycles. The molecule has 0 saturated carbocycles. The molecule has 0 unspecified atom stereocenters. The van der Waals surface area contributed by atoms with Gasteiger partial charge in [-0.2, -0.15) is 0 Å². The van der Waals surface area contributed by atoms with Crippen LogP contribution in [0.3, 0.4) is 0 Å². The Balaban J connectivity index is 3.13. The minimum atomic E-state index is -0.784. The van der Waals surface area contributed by atoms with Crippen molar-refractivity contribution in [3.8, 4) is 0 Å². The van der Waals surface area contributed by atoms with Gasteiger partial charge in [0.25, 0.3) is 0 Å². The highest BCUT2D eigenvalue weighted by Gasteiger charge is 2.20. The highest BCUT2D eigenvalue weighted by Crippen LogP contribution is 2.25. The van der Waals surface area contributed by atoms with Crippen LogP contribution in [0.4, 0.5) is 5.82 Å². The molecule has 108 valence electrons. The summed E-state index contributed by atoms with van der Waals surface area (Å²) in [6.07, 6.45) is 0. The fourth-order valence-electron chi connectivity index (χ4n) is 1.90. The maximum absolute atomic E-state index is 9.89. The number of nitrogens with zero attached hydrogens (tertiary/aromatic N) is 2. The number of likely N-dealkylation sites (N-methyl/N-ethyl adjacent to an activating group) is 1. The van der Waals surface area contributed by atoms with Crippen molar-refractivity contribution in [1.82, 2.24) is 4.98 Å². The zero-order valence-corrected chi connectivity index (χ0v) is 12.9. The lowest BCUT2D eigenvalue weighted by Gasteiger charge is -2.28. The average molecular weight is 266 g/mol. The highest BCUT2D eigenvalue weighted by molar-refractivity contribution is 5.43. The van der Waals surface area contributed by atoms with Gasteiger partial charge in [-0.3, -0.25) is 0 Å². The summed E-state index contributed by atoms with van der Waals surface area (Å²) in [6.45, 7) is 10.3. The Bertz CT molecular complexity index is 431. The fourth-order valence-corrected chi connectivity index (χ4v) is 1.90. The smallest absolute Gasteiger partial charge is 0.129 e. The molecule has 0 fully saturated rings. The van der Waals surface area contributed by atoms with E-state index in [4.69, 9.17) is 0 Å². The third kappa shape index (κ3) is 4.80. The van der Waals surface area contributed by atoms with Crippen molar-refractivity contribution in [1.29, 1.82) is 0 Å². The van der Waals surface area contributed by atoms with E-state index >= 15 is 0 Å². The number of rotatable bonds is 4. The maximum Gasteiger partial charge on any atom is 0.129 e. The molecule has 0 aliphatic carbocycles. The molecule has 4 heteroatoms. The second kappa shape index (κ2) is 5.47. The van der Waals surface area contributed by atoms with E-state index in [9.17, 15) is 10.2 Å². The molecule has 0 saturated heterocycles. The molecular formula is C15H26N2O2. The van der Waals surface area contributed by atoms with E-state index in [1.54, 1.807) is 13.8 Å². The predicted molar refractivity (Wildman–Crippen MR) is 78.4 cm³/mol. The van der Waals surface area contributed by atoms with E-state index in [1.165, 1.54) is 0 Å². The second-order valence-electron chi connectivity index (χ2n) is 6.80. The summed E-state index contributed by atoms with van der Waals surface area (Å²) in [6, 6.07) is 3.79. The van der Waals surface area contributed by atoms with Gasteiger partial charge >= 0.3 is 0 Å². The van der Waals surface area contributed by atoms with Gasteiger partial charge in [-0.15, -0.1) is 0 Å². The summed E-state index contributed by atoms with van der Waals surface area (Å²) >= 11 is 0. The molecule has 0 amide bonds. The first-order chi connectivity index (χ1) is 8.53. The van der Waals surface area contributed by atoms with Crippen LogP contribution in [0.25, 0.3) is 0 Å². The highest BCUT2D eigenvalue weighted by atomic mass is 16.3. The molecule has 1 aromatic rings. The number of hydrogen-bond acceptors (Lipinski definition) is 4. The Morgan fingerprint density at radius 3 is 2.16 bits per heavy atom. The van der Waals surface area contributed by atoms with Gasteiger partial charge in [-0.1, -0.05) is 20.8 Å². The van der Waals surface area contributed by atoms with Gasteiger partial charge in [0.05, 0.1) is 12.2 Å². The molecule has 0 atom stereocenters. The van der Waals surface area contributed by atoms with Crippen LogP contribution >= 0.6 is 0 Å². The predicted octanol–water partition coefficient (Wildman–Crippen LogP) is 2.08. The van der Waals surface area contributed by atoms with E-state index in [0.717, 1.165) is 17.1 Å². The number of anilines is 1. The van der Waals surface area contributed by atoms with Crippen LogP contribution in [0.15, 0.2) is 12.1 Å². The zero-order valence-electron chi connectivity index (χ0n) is 12.9. The van der Waals surface area contributed by atoms with E-state index in [1.807, 2.05) is 24.1 Å². The fraction of sp³-hybridized carbons (Fsp3) is 0.667. The van der Waals surface area contributed by atoms with Crippen LogP contribution in [0, 0.1) is 0 Å². The van der Waals surface area contributed by atoms with Crippen molar-refractivity contribution in [2.45, 2.75) is 52.2 Å². The minimum Gasteiger partial charge on any atom is -0.392 e. The van der Waals surface area contributed by atoms with Gasteiger partial charge in [-0.25, -0.2) is 4.98 Å². The molecular weight excluding hydrogens is 240 g/mol. The lowest BCUT2D eigenvalue weighted by molar-refractivity contribution is 0.0884. The normalized spacial score (nSPS) is 12.6. The first kappa shape index (κ1) is 15.9. The quantitative estimate of drug-likeness (QED) is 0.876. The molecule has 4 nitrogen and oxygen atoms in total. The van der Waals surface area contributed by atoms with Gasteiger partial charge in [-0.05, 0) is 31.5 Å². The van der Waals surface area contributed by atoms with Crippen LogP contribution in [0.5, 0.6) is 0 Å². The van der Waals surface area contributed by atoms with E-state index in [2.05, 4.69) is 25.8 Å². The molecule has 0 aliphatic heterocycles. The Labute approximate surface area is 116 Å². The standard InChI is InChI=1S/C15H26N2O2/c1-14(2,3)12-7-11(9-18)8-13(16-12)17(6)10-15(4,5)19/h7-8,18-19H,9-10H2,1-6H3. The summed E-state index contributed by atoms with van der Waals surface area (Å²) in [7, 11) is 1.90. The SMILES string of the molecule is CN(CC(C)(C)O)c1cc(CO)cc(C(C)(C)C)n1. The number of pyridine rings is 1. The molecule has 0 aromatic carbocycles. The lowest BCUT2D eigenvalue weighted by Crippen LogP contribution is -2.37.